The molecule has 106 valence electrons. The first-order chi connectivity index (χ1) is 10.3. The van der Waals surface area contributed by atoms with Gasteiger partial charge < -0.3 is 9.73 Å². The number of amides is 1. The van der Waals surface area contributed by atoms with Crippen LogP contribution in [0.4, 0.5) is 0 Å². The predicted octanol–water partition coefficient (Wildman–Crippen LogP) is 2.66. The molecule has 1 N–H and O–H groups in total. The maximum Gasteiger partial charge on any atom is 0.226 e. The third-order valence-corrected chi connectivity index (χ3v) is 3.80. The van der Waals surface area contributed by atoms with Gasteiger partial charge in [-0.1, -0.05) is 0 Å². The molecule has 0 saturated carbocycles. The Kier molecular flexibility index (Phi) is 4.07. The summed E-state index contributed by atoms with van der Waals surface area (Å²) in [5.41, 5.74) is 1.78. The monoisotopic (exact) mass is 299 g/mol. The van der Waals surface area contributed by atoms with Crippen LogP contribution in [0.2, 0.25) is 0 Å². The maximum atomic E-state index is 11.9. The molecule has 0 bridgehead atoms. The lowest BCUT2D eigenvalue weighted by molar-refractivity contribution is -0.120. The van der Waals surface area contributed by atoms with Crippen LogP contribution in [0.1, 0.15) is 11.5 Å². The summed E-state index contributed by atoms with van der Waals surface area (Å²) >= 11 is 1.52. The predicted molar refractivity (Wildman–Crippen MR) is 79.6 cm³/mol. The average Bonchev–Trinajstić information content (AvgIpc) is 3.17. The van der Waals surface area contributed by atoms with Gasteiger partial charge in [-0.3, -0.25) is 9.78 Å². The highest BCUT2D eigenvalue weighted by Gasteiger charge is 2.09. The van der Waals surface area contributed by atoms with Gasteiger partial charge >= 0.3 is 0 Å². The van der Waals surface area contributed by atoms with E-state index in [9.17, 15) is 4.79 Å². The number of furan rings is 1. The molecule has 3 heterocycles. The van der Waals surface area contributed by atoms with Crippen molar-refractivity contribution >= 4 is 17.2 Å². The summed E-state index contributed by atoms with van der Waals surface area (Å²) in [7, 11) is 0. The quantitative estimate of drug-likeness (QED) is 0.786. The van der Waals surface area contributed by atoms with Gasteiger partial charge in [0.25, 0.3) is 0 Å². The number of pyridine rings is 1. The number of hydrogen-bond acceptors (Lipinski definition) is 5. The van der Waals surface area contributed by atoms with Gasteiger partial charge in [0.2, 0.25) is 5.91 Å². The lowest BCUT2D eigenvalue weighted by atomic mass is 10.3. The van der Waals surface area contributed by atoms with Gasteiger partial charge in [0, 0.05) is 23.3 Å². The summed E-state index contributed by atoms with van der Waals surface area (Å²) in [5.74, 6) is 0.664. The second-order valence-corrected chi connectivity index (χ2v) is 5.27. The Balaban J connectivity index is 1.58. The van der Waals surface area contributed by atoms with Crippen LogP contribution in [0.25, 0.3) is 10.6 Å². The first-order valence-corrected chi connectivity index (χ1v) is 7.33. The molecule has 0 radical (unpaired) electrons. The summed E-state index contributed by atoms with van der Waals surface area (Å²) in [4.78, 5) is 20.3. The topological polar surface area (TPSA) is 68.0 Å². The fourth-order valence-corrected chi connectivity index (χ4v) is 2.67. The molecule has 3 aromatic heterocycles. The van der Waals surface area contributed by atoms with Crippen molar-refractivity contribution < 1.29 is 9.21 Å². The van der Waals surface area contributed by atoms with Crippen molar-refractivity contribution in [2.24, 2.45) is 0 Å². The van der Waals surface area contributed by atoms with Gasteiger partial charge in [-0.25, -0.2) is 4.98 Å². The Morgan fingerprint density at radius 3 is 2.90 bits per heavy atom. The highest BCUT2D eigenvalue weighted by Crippen LogP contribution is 2.22. The van der Waals surface area contributed by atoms with Crippen LogP contribution in [0, 0.1) is 0 Å². The third kappa shape index (κ3) is 3.55. The van der Waals surface area contributed by atoms with Crippen LogP contribution in [0.15, 0.2) is 52.7 Å². The Morgan fingerprint density at radius 2 is 2.14 bits per heavy atom. The lowest BCUT2D eigenvalue weighted by Gasteiger charge is -2.01. The van der Waals surface area contributed by atoms with E-state index >= 15 is 0 Å². The molecule has 5 nitrogen and oxygen atoms in total. The van der Waals surface area contributed by atoms with Crippen molar-refractivity contribution in [3.63, 3.8) is 0 Å². The molecule has 21 heavy (non-hydrogen) atoms. The first-order valence-electron chi connectivity index (χ1n) is 6.45. The number of hydrogen-bond donors (Lipinski definition) is 1. The van der Waals surface area contributed by atoms with Gasteiger partial charge in [-0.2, -0.15) is 0 Å². The highest BCUT2D eigenvalue weighted by molar-refractivity contribution is 7.13. The molecule has 0 saturated heterocycles. The van der Waals surface area contributed by atoms with Gasteiger partial charge in [0.1, 0.15) is 10.8 Å². The van der Waals surface area contributed by atoms with Crippen molar-refractivity contribution in [1.82, 2.24) is 15.3 Å². The van der Waals surface area contributed by atoms with Crippen LogP contribution >= 0.6 is 11.3 Å². The van der Waals surface area contributed by atoms with Crippen molar-refractivity contribution in [2.45, 2.75) is 13.0 Å². The summed E-state index contributed by atoms with van der Waals surface area (Å²) < 4.78 is 5.16. The van der Waals surface area contributed by atoms with E-state index in [0.717, 1.165) is 22.0 Å². The largest absolute Gasteiger partial charge is 0.467 e. The van der Waals surface area contributed by atoms with Crippen LogP contribution in [-0.4, -0.2) is 15.9 Å². The molecule has 0 aliphatic heterocycles. The van der Waals surface area contributed by atoms with Gasteiger partial charge in [-0.05, 0) is 24.3 Å². The molecular weight excluding hydrogens is 286 g/mol. The van der Waals surface area contributed by atoms with Gasteiger partial charge in [0.05, 0.1) is 24.9 Å². The second kappa shape index (κ2) is 6.32. The van der Waals surface area contributed by atoms with Crippen LogP contribution < -0.4 is 5.32 Å². The van der Waals surface area contributed by atoms with Crippen molar-refractivity contribution in [2.75, 3.05) is 0 Å². The molecule has 6 heteroatoms. The minimum Gasteiger partial charge on any atom is -0.467 e. The number of nitrogens with zero attached hydrogens (tertiary/aromatic N) is 2. The number of thiazole rings is 1. The van der Waals surface area contributed by atoms with Crippen molar-refractivity contribution in [3.8, 4) is 10.6 Å². The standard InChI is InChI=1S/C15H13N3O2S/c19-14(17-9-13-2-1-7-20-13)8-12-10-21-15(18-12)11-3-5-16-6-4-11/h1-7,10H,8-9H2,(H,17,19). The minimum absolute atomic E-state index is 0.0713. The molecule has 0 unspecified atom stereocenters. The number of carbonyl (C=O) groups excluding carboxylic acids is 1. The zero-order valence-corrected chi connectivity index (χ0v) is 12.0. The van der Waals surface area contributed by atoms with E-state index in [0.29, 0.717) is 6.54 Å². The normalized spacial score (nSPS) is 10.5. The van der Waals surface area contributed by atoms with E-state index in [1.54, 1.807) is 24.7 Å². The van der Waals surface area contributed by atoms with E-state index < -0.39 is 0 Å². The number of nitrogens with one attached hydrogen (secondary N) is 1. The average molecular weight is 299 g/mol. The van der Waals surface area contributed by atoms with Crippen LogP contribution in [-0.2, 0) is 17.8 Å². The Hall–Kier alpha value is -2.47. The fourth-order valence-electron chi connectivity index (χ4n) is 1.84. The van der Waals surface area contributed by atoms with E-state index in [1.807, 2.05) is 23.6 Å². The van der Waals surface area contributed by atoms with Crippen molar-refractivity contribution in [3.05, 3.63) is 59.8 Å². The van der Waals surface area contributed by atoms with Gasteiger partial charge in [0.15, 0.2) is 0 Å². The van der Waals surface area contributed by atoms with Crippen LogP contribution in [0.3, 0.4) is 0 Å². The molecule has 3 aromatic rings. The highest BCUT2D eigenvalue weighted by atomic mass is 32.1. The molecular formula is C15H13N3O2S. The Labute approximate surface area is 125 Å². The molecule has 0 aromatic carbocycles. The summed E-state index contributed by atoms with van der Waals surface area (Å²) in [6.07, 6.45) is 5.31. The zero-order chi connectivity index (χ0) is 14.5. The second-order valence-electron chi connectivity index (χ2n) is 4.41. The van der Waals surface area contributed by atoms with Crippen LogP contribution in [0.5, 0.6) is 0 Å². The molecule has 0 aliphatic rings. The fraction of sp³-hybridized carbons (Fsp3) is 0.133. The van der Waals surface area contributed by atoms with Gasteiger partial charge in [-0.15, -0.1) is 11.3 Å². The summed E-state index contributed by atoms with van der Waals surface area (Å²) in [6, 6.07) is 7.42. The summed E-state index contributed by atoms with van der Waals surface area (Å²) in [6.45, 7) is 0.396. The van der Waals surface area contributed by atoms with E-state index in [4.69, 9.17) is 4.42 Å². The van der Waals surface area contributed by atoms with E-state index in [1.165, 1.54) is 11.3 Å². The molecule has 0 aliphatic carbocycles. The molecule has 3 rings (SSSR count). The molecule has 1 amide bonds. The zero-order valence-electron chi connectivity index (χ0n) is 11.2. The van der Waals surface area contributed by atoms with E-state index in [2.05, 4.69) is 15.3 Å². The first kappa shape index (κ1) is 13.5. The Morgan fingerprint density at radius 1 is 1.29 bits per heavy atom. The number of rotatable bonds is 5. The molecule has 0 spiro atoms. The molecule has 0 atom stereocenters. The molecule has 0 fully saturated rings. The SMILES string of the molecule is O=C(Cc1csc(-c2ccncc2)n1)NCc1ccco1. The van der Waals surface area contributed by atoms with Crippen molar-refractivity contribution in [1.29, 1.82) is 0 Å². The minimum atomic E-state index is -0.0713. The summed E-state index contributed by atoms with van der Waals surface area (Å²) in [5, 5.41) is 5.60. The maximum absolute atomic E-state index is 11.9. The third-order valence-electron chi connectivity index (χ3n) is 2.86. The Bertz CT molecular complexity index is 708. The number of aromatic nitrogens is 2. The van der Waals surface area contributed by atoms with E-state index in [-0.39, 0.29) is 12.3 Å². The smallest absolute Gasteiger partial charge is 0.226 e. The number of carbonyl (C=O) groups is 1. The lowest BCUT2D eigenvalue weighted by Crippen LogP contribution is -2.24.